The number of carbonyl (C=O) groups excluding carboxylic acids is 1. The third-order valence-electron chi connectivity index (χ3n) is 3.10. The number of hydrogen-bond acceptors (Lipinski definition) is 2. The fraction of sp³-hybridized carbons (Fsp3) is 0.235. The predicted molar refractivity (Wildman–Crippen MR) is 90.7 cm³/mol. The summed E-state index contributed by atoms with van der Waals surface area (Å²) in [6.45, 7) is 0.553. The van der Waals surface area contributed by atoms with Gasteiger partial charge in [0.25, 0.3) is 0 Å². The Morgan fingerprint density at radius 1 is 1.14 bits per heavy atom. The Morgan fingerprint density at radius 3 is 2.59 bits per heavy atom. The zero-order valence-corrected chi connectivity index (χ0v) is 13.6. The normalized spacial score (nSPS) is 10.5. The second kappa shape index (κ2) is 8.81. The first-order valence-electron chi connectivity index (χ1n) is 6.97. The summed E-state index contributed by atoms with van der Waals surface area (Å²) in [5.41, 5.74) is 2.04. The lowest BCUT2D eigenvalue weighted by Gasteiger charge is -2.06. The van der Waals surface area contributed by atoms with E-state index in [1.807, 2.05) is 24.3 Å². The van der Waals surface area contributed by atoms with Crippen LogP contribution in [0.4, 0.5) is 4.39 Å². The number of benzene rings is 2. The summed E-state index contributed by atoms with van der Waals surface area (Å²) in [5, 5.41) is 3.59. The molecule has 0 bridgehead atoms. The Labute approximate surface area is 139 Å². The van der Waals surface area contributed by atoms with Gasteiger partial charge in [0, 0.05) is 17.3 Å². The van der Waals surface area contributed by atoms with Crippen LogP contribution >= 0.6 is 23.4 Å². The molecule has 1 amide bonds. The number of carbonyl (C=O) groups is 1. The molecule has 0 saturated carbocycles. The van der Waals surface area contributed by atoms with E-state index in [2.05, 4.69) is 5.32 Å². The fourth-order valence-electron chi connectivity index (χ4n) is 1.92. The van der Waals surface area contributed by atoms with E-state index in [9.17, 15) is 9.18 Å². The molecule has 1 N–H and O–H groups in total. The Bertz CT molecular complexity index is 618. The summed E-state index contributed by atoms with van der Waals surface area (Å²) in [4.78, 5) is 11.7. The maximum Gasteiger partial charge on any atom is 0.230 e. The molecule has 2 aromatic rings. The summed E-state index contributed by atoms with van der Waals surface area (Å²) < 4.78 is 12.8. The number of halogens is 2. The molecule has 5 heteroatoms. The standard InChI is InChI=1S/C17H17ClFNOS/c18-16-4-2-1-3-14(16)11-22-12-17(21)20-10-9-13-5-7-15(19)8-6-13/h1-8H,9-12H2,(H,20,21). The van der Waals surface area contributed by atoms with Crippen molar-refractivity contribution in [3.05, 3.63) is 70.5 Å². The SMILES string of the molecule is O=C(CSCc1ccccc1Cl)NCCc1ccc(F)cc1. The van der Waals surface area contributed by atoms with Crippen molar-refractivity contribution in [2.75, 3.05) is 12.3 Å². The lowest BCUT2D eigenvalue weighted by atomic mass is 10.1. The van der Waals surface area contributed by atoms with Gasteiger partial charge in [-0.05, 0) is 35.7 Å². The highest BCUT2D eigenvalue weighted by molar-refractivity contribution is 7.99. The van der Waals surface area contributed by atoms with Crippen molar-refractivity contribution < 1.29 is 9.18 Å². The van der Waals surface area contributed by atoms with Crippen LogP contribution in [-0.2, 0) is 17.0 Å². The average Bonchev–Trinajstić information content (AvgIpc) is 2.51. The first-order chi connectivity index (χ1) is 10.6. The number of hydrogen-bond donors (Lipinski definition) is 1. The highest BCUT2D eigenvalue weighted by atomic mass is 35.5. The molecule has 2 rings (SSSR count). The second-order valence-corrected chi connectivity index (χ2v) is 6.20. The van der Waals surface area contributed by atoms with Crippen molar-refractivity contribution in [1.82, 2.24) is 5.32 Å². The van der Waals surface area contributed by atoms with Gasteiger partial charge in [-0.25, -0.2) is 4.39 Å². The summed E-state index contributed by atoms with van der Waals surface area (Å²) in [6.07, 6.45) is 0.696. The minimum Gasteiger partial charge on any atom is -0.355 e. The molecule has 22 heavy (non-hydrogen) atoms. The number of nitrogens with one attached hydrogen (secondary N) is 1. The number of rotatable bonds is 7. The molecule has 0 aliphatic carbocycles. The number of amides is 1. The lowest BCUT2D eigenvalue weighted by molar-refractivity contribution is -0.118. The third-order valence-corrected chi connectivity index (χ3v) is 4.45. The highest BCUT2D eigenvalue weighted by Crippen LogP contribution is 2.20. The molecule has 116 valence electrons. The molecule has 0 heterocycles. The van der Waals surface area contributed by atoms with E-state index in [-0.39, 0.29) is 11.7 Å². The summed E-state index contributed by atoms with van der Waals surface area (Å²) in [7, 11) is 0. The van der Waals surface area contributed by atoms with E-state index in [1.54, 1.807) is 12.1 Å². The molecule has 0 atom stereocenters. The van der Waals surface area contributed by atoms with Crippen molar-refractivity contribution in [3.8, 4) is 0 Å². The minimum atomic E-state index is -0.247. The fourth-order valence-corrected chi connectivity index (χ4v) is 3.06. The molecular formula is C17H17ClFNOS. The Hall–Kier alpha value is -1.52. The van der Waals surface area contributed by atoms with Gasteiger partial charge in [-0.3, -0.25) is 4.79 Å². The first kappa shape index (κ1) is 16.8. The Kier molecular flexibility index (Phi) is 6.74. The van der Waals surface area contributed by atoms with Crippen LogP contribution in [0.3, 0.4) is 0 Å². The first-order valence-corrected chi connectivity index (χ1v) is 8.51. The van der Waals surface area contributed by atoms with E-state index in [0.29, 0.717) is 24.5 Å². The van der Waals surface area contributed by atoms with Gasteiger partial charge in [-0.2, -0.15) is 0 Å². The minimum absolute atomic E-state index is 0.000773. The lowest BCUT2D eigenvalue weighted by Crippen LogP contribution is -2.27. The van der Waals surface area contributed by atoms with E-state index in [1.165, 1.54) is 23.9 Å². The van der Waals surface area contributed by atoms with E-state index >= 15 is 0 Å². The quantitative estimate of drug-likeness (QED) is 0.825. The Morgan fingerprint density at radius 2 is 1.86 bits per heavy atom. The third kappa shape index (κ3) is 5.70. The van der Waals surface area contributed by atoms with Gasteiger partial charge in [0.05, 0.1) is 5.75 Å². The average molecular weight is 338 g/mol. The van der Waals surface area contributed by atoms with E-state index < -0.39 is 0 Å². The van der Waals surface area contributed by atoms with Crippen LogP contribution in [0.1, 0.15) is 11.1 Å². The maximum absolute atomic E-state index is 12.8. The highest BCUT2D eigenvalue weighted by Gasteiger charge is 2.04. The Balaban J connectivity index is 1.64. The van der Waals surface area contributed by atoms with Crippen molar-refractivity contribution in [3.63, 3.8) is 0 Å². The van der Waals surface area contributed by atoms with Gasteiger partial charge in [0.2, 0.25) is 5.91 Å². The van der Waals surface area contributed by atoms with Gasteiger partial charge in [0.15, 0.2) is 0 Å². The van der Waals surface area contributed by atoms with E-state index in [4.69, 9.17) is 11.6 Å². The molecule has 0 aliphatic rings. The monoisotopic (exact) mass is 337 g/mol. The molecular weight excluding hydrogens is 321 g/mol. The smallest absolute Gasteiger partial charge is 0.230 e. The van der Waals surface area contributed by atoms with Crippen LogP contribution in [0.5, 0.6) is 0 Å². The zero-order valence-electron chi connectivity index (χ0n) is 12.0. The molecule has 0 radical (unpaired) electrons. The molecule has 0 aromatic heterocycles. The molecule has 2 aromatic carbocycles. The molecule has 0 unspecified atom stereocenters. The maximum atomic E-state index is 12.8. The van der Waals surface area contributed by atoms with Crippen LogP contribution in [0.25, 0.3) is 0 Å². The van der Waals surface area contributed by atoms with Crippen LogP contribution in [-0.4, -0.2) is 18.2 Å². The van der Waals surface area contributed by atoms with Crippen molar-refractivity contribution >= 4 is 29.3 Å². The van der Waals surface area contributed by atoms with Crippen LogP contribution < -0.4 is 5.32 Å². The largest absolute Gasteiger partial charge is 0.355 e. The molecule has 0 saturated heterocycles. The van der Waals surface area contributed by atoms with Crippen LogP contribution in [0, 0.1) is 5.82 Å². The van der Waals surface area contributed by atoms with E-state index in [0.717, 1.165) is 16.1 Å². The zero-order chi connectivity index (χ0) is 15.8. The summed E-state index contributed by atoms with van der Waals surface area (Å²) >= 11 is 7.59. The number of thioether (sulfide) groups is 1. The van der Waals surface area contributed by atoms with Crippen LogP contribution in [0.2, 0.25) is 5.02 Å². The molecule has 0 fully saturated rings. The molecule has 0 spiro atoms. The second-order valence-electron chi connectivity index (χ2n) is 4.81. The van der Waals surface area contributed by atoms with Crippen molar-refractivity contribution in [1.29, 1.82) is 0 Å². The van der Waals surface area contributed by atoms with Crippen molar-refractivity contribution in [2.45, 2.75) is 12.2 Å². The van der Waals surface area contributed by atoms with Gasteiger partial charge in [0.1, 0.15) is 5.82 Å². The summed E-state index contributed by atoms with van der Waals surface area (Å²) in [6, 6.07) is 13.9. The van der Waals surface area contributed by atoms with Crippen molar-refractivity contribution in [2.24, 2.45) is 0 Å². The van der Waals surface area contributed by atoms with Crippen LogP contribution in [0.15, 0.2) is 48.5 Å². The predicted octanol–water partition coefficient (Wildman–Crippen LogP) is 4.07. The van der Waals surface area contributed by atoms with Gasteiger partial charge in [-0.1, -0.05) is 41.9 Å². The van der Waals surface area contributed by atoms with Gasteiger partial charge in [-0.15, -0.1) is 11.8 Å². The summed E-state index contributed by atoms with van der Waals surface area (Å²) in [5.74, 6) is 0.864. The van der Waals surface area contributed by atoms with Gasteiger partial charge >= 0.3 is 0 Å². The molecule has 0 aliphatic heterocycles. The molecule has 2 nitrogen and oxygen atoms in total. The van der Waals surface area contributed by atoms with Gasteiger partial charge < -0.3 is 5.32 Å². The topological polar surface area (TPSA) is 29.1 Å².